The van der Waals surface area contributed by atoms with Crippen molar-refractivity contribution in [3.8, 4) is 0 Å². The number of benzene rings is 1. The Morgan fingerprint density at radius 1 is 1.42 bits per heavy atom. The van der Waals surface area contributed by atoms with E-state index in [0.717, 1.165) is 10.7 Å². The number of aliphatic carboxylic acids is 1. The average Bonchev–Trinajstić information content (AvgIpc) is 2.76. The van der Waals surface area contributed by atoms with E-state index in [4.69, 9.17) is 0 Å². The molecule has 1 atom stereocenters. The van der Waals surface area contributed by atoms with E-state index >= 15 is 0 Å². The number of thiazole rings is 1. The minimum Gasteiger partial charge on any atom is -0.481 e. The minimum atomic E-state index is -0.922. The maximum Gasteiger partial charge on any atom is 0.307 e. The number of hydrogen-bond donors (Lipinski definition) is 1. The van der Waals surface area contributed by atoms with E-state index in [1.165, 1.54) is 17.4 Å². The predicted octanol–water partition coefficient (Wildman–Crippen LogP) is 3.08. The van der Waals surface area contributed by atoms with Crippen molar-refractivity contribution in [2.24, 2.45) is 5.92 Å². The molecule has 0 amide bonds. The van der Waals surface area contributed by atoms with Crippen molar-refractivity contribution in [1.29, 1.82) is 0 Å². The van der Waals surface area contributed by atoms with Crippen LogP contribution in [0.3, 0.4) is 0 Å². The molecule has 0 saturated carbocycles. The molecule has 0 aliphatic heterocycles. The molecule has 1 aromatic heterocycles. The van der Waals surface area contributed by atoms with Gasteiger partial charge in [-0.3, -0.25) is 4.79 Å². The lowest BCUT2D eigenvalue weighted by atomic mass is 9.95. The Morgan fingerprint density at radius 3 is 2.74 bits per heavy atom. The average molecular weight is 279 g/mol. The molecule has 100 valence electrons. The quantitative estimate of drug-likeness (QED) is 0.915. The van der Waals surface area contributed by atoms with Crippen LogP contribution in [0.5, 0.6) is 0 Å². The third kappa shape index (κ3) is 3.61. The number of carboxylic acids is 1. The molecule has 0 aliphatic carbocycles. The number of rotatable bonds is 5. The molecule has 2 aromatic rings. The maximum atomic E-state index is 13.5. The van der Waals surface area contributed by atoms with Crippen molar-refractivity contribution < 1.29 is 14.3 Å². The fraction of sp³-hybridized carbons (Fsp3) is 0.286. The number of carbonyl (C=O) groups is 1. The van der Waals surface area contributed by atoms with Crippen molar-refractivity contribution in [3.63, 3.8) is 0 Å². The zero-order chi connectivity index (χ0) is 13.8. The molecule has 2 rings (SSSR count). The van der Waals surface area contributed by atoms with Crippen molar-refractivity contribution in [2.45, 2.75) is 19.8 Å². The molecule has 3 nitrogen and oxygen atoms in total. The van der Waals surface area contributed by atoms with E-state index in [1.807, 2.05) is 12.3 Å². The van der Waals surface area contributed by atoms with Gasteiger partial charge in [-0.15, -0.1) is 11.3 Å². The van der Waals surface area contributed by atoms with Gasteiger partial charge in [0.15, 0.2) is 0 Å². The highest BCUT2D eigenvalue weighted by Gasteiger charge is 2.21. The lowest BCUT2D eigenvalue weighted by Crippen LogP contribution is -2.20. The zero-order valence-corrected chi connectivity index (χ0v) is 11.3. The molecule has 1 N–H and O–H groups in total. The fourth-order valence-corrected chi connectivity index (χ4v) is 2.56. The molecule has 0 aliphatic rings. The standard InChI is InChI=1S/C14H14FNO2S/c1-9-16-12(8-19-9)7-11(14(17)18)6-10-4-2-3-5-13(10)15/h2-5,8,11H,6-7H2,1H3,(H,17,18). The Bertz CT molecular complexity index is 582. The second-order valence-electron chi connectivity index (χ2n) is 4.39. The number of aryl methyl sites for hydroxylation is 1. The van der Waals surface area contributed by atoms with Crippen LogP contribution >= 0.6 is 11.3 Å². The van der Waals surface area contributed by atoms with E-state index in [0.29, 0.717) is 12.0 Å². The maximum absolute atomic E-state index is 13.5. The molecule has 1 unspecified atom stereocenters. The van der Waals surface area contributed by atoms with Gasteiger partial charge in [0.1, 0.15) is 5.82 Å². The summed E-state index contributed by atoms with van der Waals surface area (Å²) in [6.45, 7) is 1.88. The summed E-state index contributed by atoms with van der Waals surface area (Å²) in [5, 5.41) is 12.0. The Hall–Kier alpha value is -1.75. The summed E-state index contributed by atoms with van der Waals surface area (Å²) in [6.07, 6.45) is 0.507. The van der Waals surface area contributed by atoms with Crippen LogP contribution in [-0.2, 0) is 17.6 Å². The van der Waals surface area contributed by atoms with Gasteiger partial charge in [0.25, 0.3) is 0 Å². The smallest absolute Gasteiger partial charge is 0.307 e. The SMILES string of the molecule is Cc1nc(CC(Cc2ccccc2F)C(=O)O)cs1. The first-order chi connectivity index (χ1) is 9.06. The third-order valence-corrected chi connectivity index (χ3v) is 3.72. The highest BCUT2D eigenvalue weighted by Crippen LogP contribution is 2.18. The van der Waals surface area contributed by atoms with Gasteiger partial charge in [-0.05, 0) is 25.0 Å². The van der Waals surface area contributed by atoms with Gasteiger partial charge in [-0.25, -0.2) is 9.37 Å². The summed E-state index contributed by atoms with van der Waals surface area (Å²) in [5.41, 5.74) is 1.19. The van der Waals surface area contributed by atoms with E-state index in [-0.39, 0.29) is 12.2 Å². The van der Waals surface area contributed by atoms with Crippen molar-refractivity contribution in [2.75, 3.05) is 0 Å². The van der Waals surface area contributed by atoms with Gasteiger partial charge in [0.2, 0.25) is 0 Å². The Labute approximate surface area is 114 Å². The first-order valence-corrected chi connectivity index (χ1v) is 6.81. The molecule has 1 aromatic carbocycles. The lowest BCUT2D eigenvalue weighted by molar-refractivity contribution is -0.141. The van der Waals surface area contributed by atoms with Crippen molar-refractivity contribution in [3.05, 3.63) is 51.7 Å². The number of carboxylic acid groups (broad SMARTS) is 1. The fourth-order valence-electron chi connectivity index (χ4n) is 1.93. The van der Waals surface area contributed by atoms with E-state index in [9.17, 15) is 14.3 Å². The van der Waals surface area contributed by atoms with E-state index in [2.05, 4.69) is 4.98 Å². The molecule has 0 saturated heterocycles. The largest absolute Gasteiger partial charge is 0.481 e. The van der Waals surface area contributed by atoms with Crippen LogP contribution in [0.1, 0.15) is 16.3 Å². The second-order valence-corrected chi connectivity index (χ2v) is 5.45. The summed E-state index contributed by atoms with van der Waals surface area (Å²) in [5.74, 6) is -1.93. The summed E-state index contributed by atoms with van der Waals surface area (Å²) >= 11 is 1.49. The van der Waals surface area contributed by atoms with Gasteiger partial charge in [-0.1, -0.05) is 18.2 Å². The number of nitrogens with zero attached hydrogens (tertiary/aromatic N) is 1. The molecular formula is C14H14FNO2S. The highest BCUT2D eigenvalue weighted by atomic mass is 32.1. The zero-order valence-electron chi connectivity index (χ0n) is 10.5. The van der Waals surface area contributed by atoms with Crippen LogP contribution in [0, 0.1) is 18.7 Å². The molecular weight excluding hydrogens is 265 g/mol. The van der Waals surface area contributed by atoms with Crippen LogP contribution in [0.2, 0.25) is 0 Å². The number of aromatic nitrogens is 1. The molecule has 5 heteroatoms. The number of hydrogen-bond acceptors (Lipinski definition) is 3. The first kappa shape index (κ1) is 13.7. The molecule has 0 bridgehead atoms. The van der Waals surface area contributed by atoms with Crippen molar-refractivity contribution >= 4 is 17.3 Å². The van der Waals surface area contributed by atoms with E-state index < -0.39 is 11.9 Å². The van der Waals surface area contributed by atoms with Crippen LogP contribution in [-0.4, -0.2) is 16.1 Å². The van der Waals surface area contributed by atoms with Crippen LogP contribution in [0.25, 0.3) is 0 Å². The second kappa shape index (κ2) is 5.93. The predicted molar refractivity (Wildman–Crippen MR) is 71.8 cm³/mol. The topological polar surface area (TPSA) is 50.2 Å². The molecule has 1 heterocycles. The summed E-state index contributed by atoms with van der Waals surface area (Å²) in [4.78, 5) is 15.5. The van der Waals surface area contributed by atoms with Crippen LogP contribution < -0.4 is 0 Å². The van der Waals surface area contributed by atoms with Gasteiger partial charge in [-0.2, -0.15) is 0 Å². The number of halogens is 1. The van der Waals surface area contributed by atoms with Crippen LogP contribution in [0.4, 0.5) is 4.39 Å². The van der Waals surface area contributed by atoms with Gasteiger partial charge in [0, 0.05) is 11.8 Å². The van der Waals surface area contributed by atoms with Gasteiger partial charge in [0.05, 0.1) is 16.6 Å². The summed E-state index contributed by atoms with van der Waals surface area (Å²) in [6, 6.07) is 6.28. The van der Waals surface area contributed by atoms with Crippen molar-refractivity contribution in [1.82, 2.24) is 4.98 Å². The first-order valence-electron chi connectivity index (χ1n) is 5.93. The van der Waals surface area contributed by atoms with Crippen LogP contribution in [0.15, 0.2) is 29.6 Å². The van der Waals surface area contributed by atoms with Gasteiger partial charge < -0.3 is 5.11 Å². The van der Waals surface area contributed by atoms with Gasteiger partial charge >= 0.3 is 5.97 Å². The third-order valence-electron chi connectivity index (χ3n) is 2.90. The van der Waals surface area contributed by atoms with E-state index in [1.54, 1.807) is 18.2 Å². The Kier molecular flexibility index (Phi) is 4.27. The monoisotopic (exact) mass is 279 g/mol. The summed E-state index contributed by atoms with van der Waals surface area (Å²) in [7, 11) is 0. The minimum absolute atomic E-state index is 0.179. The highest BCUT2D eigenvalue weighted by molar-refractivity contribution is 7.09. The molecule has 0 radical (unpaired) electrons. The molecule has 19 heavy (non-hydrogen) atoms. The Morgan fingerprint density at radius 2 is 2.16 bits per heavy atom. The normalized spacial score (nSPS) is 12.3. The lowest BCUT2D eigenvalue weighted by Gasteiger charge is -2.11. The molecule has 0 fully saturated rings. The summed E-state index contributed by atoms with van der Waals surface area (Å²) < 4.78 is 13.5. The Balaban J connectivity index is 2.13. The molecule has 0 spiro atoms.